The molecule has 5 rings (SSSR count). The number of aryl methyl sites for hydroxylation is 2. The summed E-state index contributed by atoms with van der Waals surface area (Å²) in [6.45, 7) is 3.95. The molecule has 0 aliphatic carbocycles. The normalized spacial score (nSPS) is 14.9. The summed E-state index contributed by atoms with van der Waals surface area (Å²) in [4.78, 5) is 30.9. The first kappa shape index (κ1) is 21.3. The predicted molar refractivity (Wildman–Crippen MR) is 129 cm³/mol. The number of aromatic nitrogens is 4. The van der Waals surface area contributed by atoms with Crippen LogP contribution in [0.4, 0.5) is 5.69 Å². The highest BCUT2D eigenvalue weighted by Crippen LogP contribution is 2.34. The summed E-state index contributed by atoms with van der Waals surface area (Å²) < 4.78 is 8.68. The van der Waals surface area contributed by atoms with Gasteiger partial charge in [-0.25, -0.2) is 9.67 Å². The zero-order valence-electron chi connectivity index (χ0n) is 18.5. The second-order valence-electron chi connectivity index (χ2n) is 8.07. The number of nitrogens with zero attached hydrogens (tertiary/aromatic N) is 4. The Balaban J connectivity index is 1.45. The molecule has 0 bridgehead atoms. The quantitative estimate of drug-likeness (QED) is 0.454. The maximum absolute atomic E-state index is 13.3. The molecule has 2 aromatic heterocycles. The number of nitrogens with one attached hydrogen (secondary N) is 1. The Morgan fingerprint density at radius 3 is 2.85 bits per heavy atom. The van der Waals surface area contributed by atoms with E-state index in [4.69, 9.17) is 9.72 Å². The van der Waals surface area contributed by atoms with Crippen LogP contribution in [0.3, 0.4) is 0 Å². The highest BCUT2D eigenvalue weighted by atomic mass is 32.2. The molecule has 1 aliphatic rings. The summed E-state index contributed by atoms with van der Waals surface area (Å²) in [5.74, 6) is 1.02. The first-order valence-corrected chi connectivity index (χ1v) is 11.6. The van der Waals surface area contributed by atoms with Gasteiger partial charge in [0, 0.05) is 12.2 Å². The van der Waals surface area contributed by atoms with Gasteiger partial charge in [-0.05, 0) is 43.2 Å². The number of benzene rings is 2. The van der Waals surface area contributed by atoms with Gasteiger partial charge in [0.25, 0.3) is 5.56 Å². The molecule has 0 spiro atoms. The third-order valence-electron chi connectivity index (χ3n) is 5.76. The van der Waals surface area contributed by atoms with E-state index in [9.17, 15) is 9.59 Å². The number of hydrogen-bond acceptors (Lipinski definition) is 6. The van der Waals surface area contributed by atoms with Gasteiger partial charge in [-0.2, -0.15) is 5.10 Å². The van der Waals surface area contributed by atoms with Crippen LogP contribution in [0.25, 0.3) is 16.7 Å². The second-order valence-corrected chi connectivity index (χ2v) is 9.06. The van der Waals surface area contributed by atoms with E-state index in [0.29, 0.717) is 33.4 Å². The zero-order chi connectivity index (χ0) is 23.1. The van der Waals surface area contributed by atoms with E-state index in [0.717, 1.165) is 16.8 Å². The standard InChI is InChI=1S/C24H23N5O3S/c1-14-8-9-20(32-3)18(10-14)26-21(30)11-16-13-33-24-27-22-17(23(31)28(16)24)12-25-29(22)19-7-5-4-6-15(19)2/h4-10,12,16H,11,13H2,1-3H3,(H,26,30). The van der Waals surface area contributed by atoms with Crippen molar-refractivity contribution in [2.24, 2.45) is 0 Å². The van der Waals surface area contributed by atoms with Crippen molar-refractivity contribution < 1.29 is 9.53 Å². The van der Waals surface area contributed by atoms with Crippen molar-refractivity contribution in [3.05, 3.63) is 70.1 Å². The van der Waals surface area contributed by atoms with E-state index in [-0.39, 0.29) is 23.9 Å². The summed E-state index contributed by atoms with van der Waals surface area (Å²) in [5.41, 5.74) is 3.91. The van der Waals surface area contributed by atoms with Crippen molar-refractivity contribution >= 4 is 34.4 Å². The lowest BCUT2D eigenvalue weighted by Gasteiger charge is -2.15. The number of ether oxygens (including phenoxy) is 1. The molecule has 9 heteroatoms. The number of thioether (sulfide) groups is 1. The van der Waals surface area contributed by atoms with Crippen molar-refractivity contribution in [1.82, 2.24) is 19.3 Å². The molecule has 168 valence electrons. The van der Waals surface area contributed by atoms with Crippen LogP contribution in [0.1, 0.15) is 23.6 Å². The molecule has 1 aliphatic heterocycles. The molecule has 1 unspecified atom stereocenters. The van der Waals surface area contributed by atoms with Gasteiger partial charge in [-0.1, -0.05) is 36.0 Å². The number of hydrogen-bond donors (Lipinski definition) is 1. The zero-order valence-corrected chi connectivity index (χ0v) is 19.3. The number of para-hydroxylation sites is 1. The number of anilines is 1. The topological polar surface area (TPSA) is 91.0 Å². The molecule has 4 aromatic rings. The van der Waals surface area contributed by atoms with E-state index in [2.05, 4.69) is 10.4 Å². The van der Waals surface area contributed by atoms with Gasteiger partial charge in [-0.3, -0.25) is 14.2 Å². The minimum Gasteiger partial charge on any atom is -0.495 e. The lowest BCUT2D eigenvalue weighted by atomic mass is 10.1. The molecular formula is C24H23N5O3S. The van der Waals surface area contributed by atoms with Crippen LogP contribution >= 0.6 is 11.8 Å². The van der Waals surface area contributed by atoms with Gasteiger partial charge in [-0.15, -0.1) is 0 Å². The molecule has 1 atom stereocenters. The van der Waals surface area contributed by atoms with Crippen LogP contribution in [0, 0.1) is 13.8 Å². The number of carbonyl (C=O) groups excluding carboxylic acids is 1. The van der Waals surface area contributed by atoms with E-state index in [1.807, 2.05) is 56.3 Å². The third kappa shape index (κ3) is 3.78. The number of methoxy groups -OCH3 is 1. The van der Waals surface area contributed by atoms with Crippen LogP contribution in [-0.4, -0.2) is 38.1 Å². The fraction of sp³-hybridized carbons (Fsp3) is 0.250. The van der Waals surface area contributed by atoms with Gasteiger partial charge in [0.2, 0.25) is 5.91 Å². The van der Waals surface area contributed by atoms with E-state index >= 15 is 0 Å². The van der Waals surface area contributed by atoms with Crippen LogP contribution in [0.5, 0.6) is 5.75 Å². The number of rotatable bonds is 5. The van der Waals surface area contributed by atoms with Crippen molar-refractivity contribution in [2.45, 2.75) is 31.5 Å². The molecule has 0 fully saturated rings. The Hall–Kier alpha value is -3.59. The van der Waals surface area contributed by atoms with Gasteiger partial charge < -0.3 is 10.1 Å². The number of amides is 1. The Morgan fingerprint density at radius 2 is 2.06 bits per heavy atom. The van der Waals surface area contributed by atoms with Gasteiger partial charge in [0.05, 0.1) is 30.7 Å². The van der Waals surface area contributed by atoms with E-state index < -0.39 is 0 Å². The first-order chi connectivity index (χ1) is 16.0. The predicted octanol–water partition coefficient (Wildman–Crippen LogP) is 3.88. The minimum atomic E-state index is -0.285. The van der Waals surface area contributed by atoms with Gasteiger partial charge in [0.15, 0.2) is 10.8 Å². The lowest BCUT2D eigenvalue weighted by Crippen LogP contribution is -2.27. The highest BCUT2D eigenvalue weighted by molar-refractivity contribution is 7.99. The summed E-state index contributed by atoms with van der Waals surface area (Å²) in [6, 6.07) is 13.2. The number of fused-ring (bicyclic) bond motifs is 2. The Bertz CT molecular complexity index is 1440. The largest absolute Gasteiger partial charge is 0.495 e. The smallest absolute Gasteiger partial charge is 0.265 e. The Labute approximate surface area is 194 Å². The molecule has 0 radical (unpaired) electrons. The van der Waals surface area contributed by atoms with Crippen molar-refractivity contribution in [3.63, 3.8) is 0 Å². The SMILES string of the molecule is COc1ccc(C)cc1NC(=O)CC1CSc2nc3c(cnn3-c3ccccc3C)c(=O)n21. The van der Waals surface area contributed by atoms with E-state index in [1.54, 1.807) is 22.6 Å². The molecule has 3 heterocycles. The fourth-order valence-electron chi connectivity index (χ4n) is 4.09. The summed E-state index contributed by atoms with van der Waals surface area (Å²) in [5, 5.41) is 8.40. The van der Waals surface area contributed by atoms with Crippen LogP contribution < -0.4 is 15.6 Å². The average Bonchev–Trinajstić information content (AvgIpc) is 3.39. The molecule has 0 saturated heterocycles. The fourth-order valence-corrected chi connectivity index (χ4v) is 5.22. The average molecular weight is 462 g/mol. The Morgan fingerprint density at radius 1 is 1.24 bits per heavy atom. The van der Waals surface area contributed by atoms with Crippen LogP contribution in [0.2, 0.25) is 0 Å². The van der Waals surface area contributed by atoms with Gasteiger partial charge >= 0.3 is 0 Å². The monoisotopic (exact) mass is 461 g/mol. The maximum atomic E-state index is 13.3. The van der Waals surface area contributed by atoms with Crippen molar-refractivity contribution in [1.29, 1.82) is 0 Å². The molecular weight excluding hydrogens is 438 g/mol. The van der Waals surface area contributed by atoms with Crippen molar-refractivity contribution in [2.75, 3.05) is 18.2 Å². The van der Waals surface area contributed by atoms with Gasteiger partial charge in [0.1, 0.15) is 11.1 Å². The van der Waals surface area contributed by atoms with Crippen LogP contribution in [0.15, 0.2) is 58.6 Å². The molecule has 0 saturated carbocycles. The molecule has 33 heavy (non-hydrogen) atoms. The molecule has 2 aromatic carbocycles. The minimum absolute atomic E-state index is 0.163. The third-order valence-corrected chi connectivity index (χ3v) is 6.86. The van der Waals surface area contributed by atoms with Crippen molar-refractivity contribution in [3.8, 4) is 11.4 Å². The highest BCUT2D eigenvalue weighted by Gasteiger charge is 2.30. The molecule has 1 amide bonds. The first-order valence-electron chi connectivity index (χ1n) is 10.6. The summed E-state index contributed by atoms with van der Waals surface area (Å²) >= 11 is 1.48. The second kappa shape index (κ2) is 8.40. The van der Waals surface area contributed by atoms with Crippen LogP contribution in [-0.2, 0) is 4.79 Å². The summed E-state index contributed by atoms with van der Waals surface area (Å²) in [7, 11) is 1.57. The number of carbonyl (C=O) groups is 1. The summed E-state index contributed by atoms with van der Waals surface area (Å²) in [6.07, 6.45) is 1.72. The lowest BCUT2D eigenvalue weighted by molar-refractivity contribution is -0.116. The maximum Gasteiger partial charge on any atom is 0.265 e. The Kier molecular flexibility index (Phi) is 5.41. The van der Waals surface area contributed by atoms with E-state index in [1.165, 1.54) is 11.8 Å². The molecule has 1 N–H and O–H groups in total. The molecule has 8 nitrogen and oxygen atoms in total.